The summed E-state index contributed by atoms with van der Waals surface area (Å²) in [5.41, 5.74) is 1.06. The van der Waals surface area contributed by atoms with Crippen LogP contribution in [0, 0.1) is 0 Å². The minimum absolute atomic E-state index is 0.151. The van der Waals surface area contributed by atoms with Gasteiger partial charge in [0.25, 0.3) is 0 Å². The van der Waals surface area contributed by atoms with E-state index in [0.717, 1.165) is 30.2 Å². The lowest BCUT2D eigenvalue weighted by Gasteiger charge is -2.22. The summed E-state index contributed by atoms with van der Waals surface area (Å²) in [6.07, 6.45) is 3.82. The minimum atomic E-state index is 0.151. The van der Waals surface area contributed by atoms with Crippen LogP contribution in [-0.2, 0) is 4.74 Å². The SMILES string of the molecule is COc1ccc2cnc(C3COCCN3)n2c1. The Bertz CT molecular complexity index is 517. The minimum Gasteiger partial charge on any atom is -0.495 e. The van der Waals surface area contributed by atoms with Gasteiger partial charge in [0.1, 0.15) is 11.6 Å². The largest absolute Gasteiger partial charge is 0.495 e. The van der Waals surface area contributed by atoms with E-state index >= 15 is 0 Å². The number of hydrogen-bond donors (Lipinski definition) is 1. The van der Waals surface area contributed by atoms with E-state index in [-0.39, 0.29) is 6.04 Å². The fourth-order valence-corrected chi connectivity index (χ4v) is 2.10. The zero-order valence-electron chi connectivity index (χ0n) is 9.72. The molecule has 1 fully saturated rings. The van der Waals surface area contributed by atoms with E-state index in [4.69, 9.17) is 9.47 Å². The van der Waals surface area contributed by atoms with Crippen molar-refractivity contribution in [3.05, 3.63) is 30.4 Å². The van der Waals surface area contributed by atoms with E-state index < -0.39 is 0 Å². The standard InChI is InChI=1S/C12H15N3O2/c1-16-10-3-2-9-6-14-12(15(9)7-10)11-8-17-5-4-13-11/h2-3,6-7,11,13H,4-5,8H2,1H3. The third-order valence-corrected chi connectivity index (χ3v) is 3.00. The van der Waals surface area contributed by atoms with Crippen LogP contribution >= 0.6 is 0 Å². The summed E-state index contributed by atoms with van der Waals surface area (Å²) in [5.74, 6) is 1.80. The number of methoxy groups -OCH3 is 1. The van der Waals surface area contributed by atoms with E-state index in [2.05, 4.69) is 10.3 Å². The first-order valence-electron chi connectivity index (χ1n) is 5.70. The van der Waals surface area contributed by atoms with E-state index in [1.54, 1.807) is 7.11 Å². The highest BCUT2D eigenvalue weighted by atomic mass is 16.5. The van der Waals surface area contributed by atoms with Crippen molar-refractivity contribution in [3.63, 3.8) is 0 Å². The van der Waals surface area contributed by atoms with Gasteiger partial charge in [0.15, 0.2) is 0 Å². The molecule has 5 nitrogen and oxygen atoms in total. The predicted molar refractivity (Wildman–Crippen MR) is 63.3 cm³/mol. The fraction of sp³-hybridized carbons (Fsp3) is 0.417. The van der Waals surface area contributed by atoms with Crippen LogP contribution in [0.4, 0.5) is 0 Å². The first-order chi connectivity index (χ1) is 8.38. The zero-order valence-corrected chi connectivity index (χ0v) is 9.72. The van der Waals surface area contributed by atoms with Gasteiger partial charge in [0, 0.05) is 6.54 Å². The van der Waals surface area contributed by atoms with Gasteiger partial charge >= 0.3 is 0 Å². The van der Waals surface area contributed by atoms with E-state index in [0.29, 0.717) is 6.61 Å². The van der Waals surface area contributed by atoms with Crippen molar-refractivity contribution in [2.24, 2.45) is 0 Å². The number of hydrogen-bond acceptors (Lipinski definition) is 4. The summed E-state index contributed by atoms with van der Waals surface area (Å²) in [6.45, 7) is 2.29. The first kappa shape index (κ1) is 10.6. The van der Waals surface area contributed by atoms with Crippen molar-refractivity contribution in [3.8, 4) is 5.75 Å². The Balaban J connectivity index is 2.02. The fourth-order valence-electron chi connectivity index (χ4n) is 2.10. The second kappa shape index (κ2) is 4.35. The summed E-state index contributed by atoms with van der Waals surface area (Å²) in [5, 5.41) is 3.40. The normalized spacial score (nSPS) is 20.6. The third-order valence-electron chi connectivity index (χ3n) is 3.00. The lowest BCUT2D eigenvalue weighted by Crippen LogP contribution is -2.35. The number of nitrogens with one attached hydrogen (secondary N) is 1. The van der Waals surface area contributed by atoms with Crippen molar-refractivity contribution in [2.45, 2.75) is 6.04 Å². The maximum Gasteiger partial charge on any atom is 0.135 e. The first-order valence-corrected chi connectivity index (χ1v) is 5.70. The monoisotopic (exact) mass is 233 g/mol. The van der Waals surface area contributed by atoms with Gasteiger partial charge in [-0.25, -0.2) is 4.98 Å². The molecule has 0 aromatic carbocycles. The highest BCUT2D eigenvalue weighted by Crippen LogP contribution is 2.20. The molecule has 2 aromatic rings. The van der Waals surface area contributed by atoms with Crippen molar-refractivity contribution in [2.75, 3.05) is 26.9 Å². The second-order valence-electron chi connectivity index (χ2n) is 4.06. The molecule has 0 saturated carbocycles. The summed E-state index contributed by atoms with van der Waals surface area (Å²) in [7, 11) is 1.67. The van der Waals surface area contributed by atoms with Crippen LogP contribution in [0.5, 0.6) is 5.75 Å². The van der Waals surface area contributed by atoms with Gasteiger partial charge in [-0.15, -0.1) is 0 Å². The molecule has 1 atom stereocenters. The Hall–Kier alpha value is -1.59. The molecule has 90 valence electrons. The average molecular weight is 233 g/mol. The Morgan fingerprint density at radius 1 is 1.53 bits per heavy atom. The number of imidazole rings is 1. The lowest BCUT2D eigenvalue weighted by atomic mass is 10.2. The Morgan fingerprint density at radius 3 is 3.24 bits per heavy atom. The number of aromatic nitrogens is 2. The smallest absolute Gasteiger partial charge is 0.135 e. The Kier molecular flexibility index (Phi) is 2.70. The number of morpholine rings is 1. The van der Waals surface area contributed by atoms with Gasteiger partial charge in [0.05, 0.1) is 44.3 Å². The lowest BCUT2D eigenvalue weighted by molar-refractivity contribution is 0.0740. The Morgan fingerprint density at radius 2 is 2.47 bits per heavy atom. The van der Waals surface area contributed by atoms with Crippen molar-refractivity contribution in [1.82, 2.24) is 14.7 Å². The van der Waals surface area contributed by atoms with Gasteiger partial charge < -0.3 is 14.8 Å². The molecule has 0 bridgehead atoms. The molecule has 0 radical (unpaired) electrons. The van der Waals surface area contributed by atoms with E-state index in [9.17, 15) is 0 Å². The van der Waals surface area contributed by atoms with Crippen LogP contribution in [0.1, 0.15) is 11.9 Å². The van der Waals surface area contributed by atoms with Crippen LogP contribution in [0.3, 0.4) is 0 Å². The number of fused-ring (bicyclic) bond motifs is 1. The van der Waals surface area contributed by atoms with Gasteiger partial charge in [-0.1, -0.05) is 0 Å². The molecule has 0 spiro atoms. The molecule has 17 heavy (non-hydrogen) atoms. The number of pyridine rings is 1. The summed E-state index contributed by atoms with van der Waals surface area (Å²) < 4.78 is 12.7. The summed E-state index contributed by atoms with van der Waals surface area (Å²) in [6, 6.07) is 4.09. The molecule has 1 aliphatic heterocycles. The molecule has 1 unspecified atom stereocenters. The zero-order chi connectivity index (χ0) is 11.7. The van der Waals surface area contributed by atoms with Crippen LogP contribution in [0.15, 0.2) is 24.5 Å². The molecule has 1 aliphatic rings. The number of rotatable bonds is 2. The topological polar surface area (TPSA) is 47.8 Å². The molecule has 1 N–H and O–H groups in total. The van der Waals surface area contributed by atoms with Crippen LogP contribution in [0.25, 0.3) is 5.52 Å². The van der Waals surface area contributed by atoms with Crippen LogP contribution in [0.2, 0.25) is 0 Å². The molecule has 5 heteroatoms. The molecule has 3 rings (SSSR count). The van der Waals surface area contributed by atoms with Crippen LogP contribution < -0.4 is 10.1 Å². The maximum absolute atomic E-state index is 5.46. The molecule has 0 aliphatic carbocycles. The molecule has 3 heterocycles. The van der Waals surface area contributed by atoms with E-state index in [1.807, 2.05) is 28.9 Å². The van der Waals surface area contributed by atoms with E-state index in [1.165, 1.54) is 0 Å². The average Bonchev–Trinajstić information content (AvgIpc) is 2.82. The quantitative estimate of drug-likeness (QED) is 0.840. The Labute approximate surface area is 99.4 Å². The van der Waals surface area contributed by atoms with Crippen LogP contribution in [-0.4, -0.2) is 36.3 Å². The summed E-state index contributed by atoms with van der Waals surface area (Å²) >= 11 is 0. The predicted octanol–water partition coefficient (Wildman–Crippen LogP) is 1.00. The van der Waals surface area contributed by atoms with Crippen molar-refractivity contribution in [1.29, 1.82) is 0 Å². The molecular weight excluding hydrogens is 218 g/mol. The van der Waals surface area contributed by atoms with Gasteiger partial charge in [0.2, 0.25) is 0 Å². The van der Waals surface area contributed by atoms with Gasteiger partial charge in [-0.05, 0) is 12.1 Å². The molecular formula is C12H15N3O2. The molecule has 2 aromatic heterocycles. The molecule has 0 amide bonds. The highest BCUT2D eigenvalue weighted by molar-refractivity contribution is 5.48. The summed E-state index contributed by atoms with van der Waals surface area (Å²) in [4.78, 5) is 4.46. The van der Waals surface area contributed by atoms with Crippen molar-refractivity contribution < 1.29 is 9.47 Å². The van der Waals surface area contributed by atoms with Gasteiger partial charge in [-0.2, -0.15) is 0 Å². The number of nitrogens with zero attached hydrogens (tertiary/aromatic N) is 2. The van der Waals surface area contributed by atoms with Gasteiger partial charge in [-0.3, -0.25) is 4.40 Å². The highest BCUT2D eigenvalue weighted by Gasteiger charge is 2.19. The molecule has 1 saturated heterocycles. The third kappa shape index (κ3) is 1.87. The maximum atomic E-state index is 5.46. The van der Waals surface area contributed by atoms with Crippen molar-refractivity contribution >= 4 is 5.52 Å². The number of ether oxygens (including phenoxy) is 2. The second-order valence-corrected chi connectivity index (χ2v) is 4.06.